The molecule has 0 radical (unpaired) electrons. The summed E-state index contributed by atoms with van der Waals surface area (Å²) >= 11 is 11.6. The maximum Gasteiger partial charge on any atom is 0.244 e. The van der Waals surface area contributed by atoms with Crippen LogP contribution in [0.1, 0.15) is 11.7 Å². The Morgan fingerprint density at radius 2 is 2.04 bits per heavy atom. The molecule has 128 valence electrons. The van der Waals surface area contributed by atoms with Gasteiger partial charge in [0.15, 0.2) is 0 Å². The van der Waals surface area contributed by atoms with E-state index in [1.54, 1.807) is 18.2 Å². The van der Waals surface area contributed by atoms with E-state index in [0.29, 0.717) is 5.56 Å². The van der Waals surface area contributed by atoms with Crippen molar-refractivity contribution in [3.05, 3.63) is 58.1 Å². The molecule has 3 rings (SSSR count). The third kappa shape index (κ3) is 3.41. The summed E-state index contributed by atoms with van der Waals surface area (Å²) in [4.78, 5) is 3.70. The minimum absolute atomic E-state index is 0.00348. The highest BCUT2D eigenvalue weighted by Crippen LogP contribution is 2.29. The van der Waals surface area contributed by atoms with Gasteiger partial charge < -0.3 is 4.74 Å². The number of nitrogens with zero attached hydrogens (tertiary/aromatic N) is 2. The molecular formula is C15H13Cl2FN2O3S. The standard InChI is InChI=1S/C15H13Cl2FN2O3S/c16-12-7-10(8-19-15(12)17)24(21,22)20-5-6-23-14(9-20)11-3-1-2-4-13(11)18/h1-4,7-8,14H,5-6,9H2. The number of aromatic nitrogens is 1. The molecule has 0 bridgehead atoms. The highest BCUT2D eigenvalue weighted by atomic mass is 35.5. The summed E-state index contributed by atoms with van der Waals surface area (Å²) in [5.74, 6) is -0.432. The Hall–Kier alpha value is -1.25. The van der Waals surface area contributed by atoms with Gasteiger partial charge in [0.1, 0.15) is 15.9 Å². The summed E-state index contributed by atoms with van der Waals surface area (Å²) in [7, 11) is -3.83. The van der Waals surface area contributed by atoms with Crippen molar-refractivity contribution >= 4 is 33.2 Å². The van der Waals surface area contributed by atoms with E-state index in [2.05, 4.69) is 4.98 Å². The monoisotopic (exact) mass is 390 g/mol. The second-order valence-electron chi connectivity index (χ2n) is 5.19. The van der Waals surface area contributed by atoms with Crippen molar-refractivity contribution in [2.75, 3.05) is 19.7 Å². The van der Waals surface area contributed by atoms with E-state index in [1.807, 2.05) is 0 Å². The predicted molar refractivity (Wildman–Crippen MR) is 88.1 cm³/mol. The molecule has 1 aromatic heterocycles. The van der Waals surface area contributed by atoms with Gasteiger partial charge in [0.05, 0.1) is 17.7 Å². The Morgan fingerprint density at radius 3 is 2.75 bits per heavy atom. The van der Waals surface area contributed by atoms with Gasteiger partial charge in [-0.05, 0) is 12.1 Å². The zero-order valence-electron chi connectivity index (χ0n) is 12.3. The van der Waals surface area contributed by atoms with Gasteiger partial charge in [-0.15, -0.1) is 0 Å². The lowest BCUT2D eigenvalue weighted by atomic mass is 10.1. The molecule has 24 heavy (non-hydrogen) atoms. The van der Waals surface area contributed by atoms with Crippen LogP contribution in [0.2, 0.25) is 10.2 Å². The van der Waals surface area contributed by atoms with E-state index in [-0.39, 0.29) is 34.8 Å². The summed E-state index contributed by atoms with van der Waals surface area (Å²) in [5.41, 5.74) is 0.324. The zero-order chi connectivity index (χ0) is 17.3. The molecule has 1 aliphatic rings. The number of rotatable bonds is 3. The zero-order valence-corrected chi connectivity index (χ0v) is 14.7. The predicted octanol–water partition coefficient (Wildman–Crippen LogP) is 3.29. The maximum atomic E-state index is 13.9. The van der Waals surface area contributed by atoms with Crippen molar-refractivity contribution in [1.82, 2.24) is 9.29 Å². The fourth-order valence-electron chi connectivity index (χ4n) is 2.46. The van der Waals surface area contributed by atoms with Gasteiger partial charge in [-0.1, -0.05) is 41.4 Å². The van der Waals surface area contributed by atoms with Crippen molar-refractivity contribution in [3.63, 3.8) is 0 Å². The highest BCUT2D eigenvalue weighted by molar-refractivity contribution is 7.89. The molecular weight excluding hydrogens is 378 g/mol. The SMILES string of the molecule is O=S(=O)(c1cnc(Cl)c(Cl)c1)N1CCOC(c2ccccc2F)C1. The number of benzene rings is 1. The van der Waals surface area contributed by atoms with E-state index in [9.17, 15) is 12.8 Å². The summed E-state index contributed by atoms with van der Waals surface area (Å²) in [6.45, 7) is 0.323. The van der Waals surface area contributed by atoms with Crippen molar-refractivity contribution in [2.24, 2.45) is 0 Å². The van der Waals surface area contributed by atoms with Gasteiger partial charge >= 0.3 is 0 Å². The molecule has 9 heteroatoms. The third-order valence-electron chi connectivity index (χ3n) is 3.69. The van der Waals surface area contributed by atoms with Crippen LogP contribution in [-0.2, 0) is 14.8 Å². The number of sulfonamides is 1. The van der Waals surface area contributed by atoms with Crippen molar-refractivity contribution in [2.45, 2.75) is 11.0 Å². The lowest BCUT2D eigenvalue weighted by Gasteiger charge is -2.32. The first-order valence-corrected chi connectivity index (χ1v) is 9.26. The molecule has 0 saturated carbocycles. The van der Waals surface area contributed by atoms with Gasteiger partial charge in [-0.2, -0.15) is 4.31 Å². The van der Waals surface area contributed by atoms with Crippen molar-refractivity contribution in [3.8, 4) is 0 Å². The Labute approximate surface area is 149 Å². The Morgan fingerprint density at radius 1 is 1.29 bits per heavy atom. The lowest BCUT2D eigenvalue weighted by Crippen LogP contribution is -2.42. The molecule has 2 heterocycles. The second-order valence-corrected chi connectivity index (χ2v) is 7.89. The van der Waals surface area contributed by atoms with Crippen LogP contribution in [0.15, 0.2) is 41.4 Å². The molecule has 1 fully saturated rings. The summed E-state index contributed by atoms with van der Waals surface area (Å²) in [6, 6.07) is 7.39. The largest absolute Gasteiger partial charge is 0.371 e. The molecule has 0 amide bonds. The van der Waals surface area contributed by atoms with Gasteiger partial charge in [0, 0.05) is 24.8 Å². The van der Waals surface area contributed by atoms with Crippen LogP contribution in [0.4, 0.5) is 4.39 Å². The summed E-state index contributed by atoms with van der Waals surface area (Å²) < 4.78 is 46.2. The van der Waals surface area contributed by atoms with E-state index in [0.717, 1.165) is 6.20 Å². The average Bonchev–Trinajstić information content (AvgIpc) is 2.58. The van der Waals surface area contributed by atoms with Gasteiger partial charge in [0.2, 0.25) is 10.0 Å². The molecule has 1 unspecified atom stereocenters. The smallest absolute Gasteiger partial charge is 0.244 e. The lowest BCUT2D eigenvalue weighted by molar-refractivity contribution is -0.00443. The molecule has 2 aromatic rings. The van der Waals surface area contributed by atoms with Crippen LogP contribution in [0.25, 0.3) is 0 Å². The fraction of sp³-hybridized carbons (Fsp3) is 0.267. The number of morpholine rings is 1. The van der Waals surface area contributed by atoms with E-state index in [1.165, 1.54) is 16.4 Å². The number of hydrogen-bond acceptors (Lipinski definition) is 4. The van der Waals surface area contributed by atoms with Crippen LogP contribution >= 0.6 is 23.2 Å². The normalized spacial score (nSPS) is 19.4. The molecule has 5 nitrogen and oxygen atoms in total. The summed E-state index contributed by atoms with van der Waals surface area (Å²) in [5, 5.41) is 0.0819. The number of halogens is 3. The molecule has 1 atom stereocenters. The number of pyridine rings is 1. The molecule has 0 aliphatic carbocycles. The van der Waals surface area contributed by atoms with E-state index >= 15 is 0 Å². The van der Waals surface area contributed by atoms with Gasteiger partial charge in [-0.3, -0.25) is 0 Å². The minimum Gasteiger partial charge on any atom is -0.371 e. The van der Waals surface area contributed by atoms with Crippen LogP contribution < -0.4 is 0 Å². The Balaban J connectivity index is 1.88. The molecule has 0 spiro atoms. The van der Waals surface area contributed by atoms with Crippen LogP contribution in [0.5, 0.6) is 0 Å². The minimum atomic E-state index is -3.83. The molecule has 0 N–H and O–H groups in total. The van der Waals surface area contributed by atoms with Gasteiger partial charge in [0.25, 0.3) is 0 Å². The maximum absolute atomic E-state index is 13.9. The first-order chi connectivity index (χ1) is 11.4. The first kappa shape index (κ1) is 17.6. The average molecular weight is 391 g/mol. The van der Waals surface area contributed by atoms with E-state index in [4.69, 9.17) is 27.9 Å². The molecule has 1 aliphatic heterocycles. The highest BCUT2D eigenvalue weighted by Gasteiger charge is 2.33. The quantitative estimate of drug-likeness (QED) is 0.754. The van der Waals surface area contributed by atoms with Crippen molar-refractivity contribution in [1.29, 1.82) is 0 Å². The van der Waals surface area contributed by atoms with Gasteiger partial charge in [-0.25, -0.2) is 17.8 Å². The number of hydrogen-bond donors (Lipinski definition) is 0. The fourth-order valence-corrected chi connectivity index (χ4v) is 4.19. The molecule has 1 aromatic carbocycles. The summed E-state index contributed by atoms with van der Waals surface area (Å²) in [6.07, 6.45) is 0.474. The van der Waals surface area contributed by atoms with Crippen LogP contribution in [-0.4, -0.2) is 37.4 Å². The second kappa shape index (κ2) is 6.93. The van der Waals surface area contributed by atoms with E-state index < -0.39 is 21.9 Å². The topological polar surface area (TPSA) is 59.5 Å². The van der Waals surface area contributed by atoms with Crippen LogP contribution in [0, 0.1) is 5.82 Å². The number of ether oxygens (including phenoxy) is 1. The Bertz CT molecular complexity index is 864. The Kier molecular flexibility index (Phi) is 5.08. The first-order valence-electron chi connectivity index (χ1n) is 7.07. The molecule has 1 saturated heterocycles. The third-order valence-corrected chi connectivity index (χ3v) is 6.21. The van der Waals surface area contributed by atoms with Crippen molar-refractivity contribution < 1.29 is 17.5 Å². The van der Waals surface area contributed by atoms with Crippen LogP contribution in [0.3, 0.4) is 0 Å².